The van der Waals surface area contributed by atoms with Crippen LogP contribution in [0.1, 0.15) is 59.4 Å². The minimum absolute atomic E-state index is 0.0644. The van der Waals surface area contributed by atoms with Gasteiger partial charge in [-0.25, -0.2) is 0 Å². The van der Waals surface area contributed by atoms with Crippen LogP contribution in [0.25, 0.3) is 0 Å². The van der Waals surface area contributed by atoms with Gasteiger partial charge in [0, 0.05) is 11.5 Å². The molecule has 158 valence electrons. The molecule has 0 bridgehead atoms. The van der Waals surface area contributed by atoms with Crippen LogP contribution < -0.4 is 5.32 Å². The molecule has 3 rings (SSSR count). The van der Waals surface area contributed by atoms with Crippen LogP contribution in [0.4, 0.5) is 0 Å². The highest BCUT2D eigenvalue weighted by atomic mass is 16.5. The molecule has 0 radical (unpaired) electrons. The van der Waals surface area contributed by atoms with E-state index >= 15 is 0 Å². The van der Waals surface area contributed by atoms with E-state index < -0.39 is 6.23 Å². The van der Waals surface area contributed by atoms with Crippen molar-refractivity contribution in [3.05, 3.63) is 35.9 Å². The number of amides is 2. The molecule has 1 N–H and O–H groups in total. The van der Waals surface area contributed by atoms with Gasteiger partial charge in [0.2, 0.25) is 12.1 Å². The van der Waals surface area contributed by atoms with Crippen molar-refractivity contribution in [3.63, 3.8) is 0 Å². The standard InChI is InChI=1S/C23H33N3O3/c1-14(2)18-12-11-16(5)13-19(18)29-23-21(27)24-20(17-9-7-6-8-10-17)25-26(23)22(28)15(3)4/h6-10,14-16,18-19,23H,11-13H2,1-5H3,(H,24,25,27)/t16-,18+,19-,23+/m1/s1. The molecule has 0 aromatic heterocycles. The van der Waals surface area contributed by atoms with Crippen molar-refractivity contribution in [2.75, 3.05) is 0 Å². The number of carbonyl (C=O) groups is 2. The minimum atomic E-state index is -1.03. The molecule has 0 spiro atoms. The van der Waals surface area contributed by atoms with Crippen LogP contribution in [-0.2, 0) is 14.3 Å². The maximum atomic E-state index is 13.0. The van der Waals surface area contributed by atoms with Crippen LogP contribution >= 0.6 is 0 Å². The van der Waals surface area contributed by atoms with Gasteiger partial charge in [-0.05, 0) is 30.6 Å². The molecule has 6 nitrogen and oxygen atoms in total. The Bertz CT molecular complexity index is 760. The highest BCUT2D eigenvalue weighted by Crippen LogP contribution is 2.36. The molecule has 1 aromatic carbocycles. The van der Waals surface area contributed by atoms with Crippen molar-refractivity contribution in [1.82, 2.24) is 10.3 Å². The fourth-order valence-corrected chi connectivity index (χ4v) is 4.19. The highest BCUT2D eigenvalue weighted by Gasteiger charge is 2.41. The second-order valence-electron chi connectivity index (χ2n) is 8.99. The van der Waals surface area contributed by atoms with E-state index in [9.17, 15) is 9.59 Å². The fraction of sp³-hybridized carbons (Fsp3) is 0.609. The van der Waals surface area contributed by atoms with Gasteiger partial charge in [-0.2, -0.15) is 5.01 Å². The van der Waals surface area contributed by atoms with E-state index in [1.165, 1.54) is 11.4 Å². The SMILES string of the molecule is CC(C)C(=O)N1N=C(c2ccccc2)NC(=O)[C@@H]1O[C@@H]1C[C@H](C)CC[C@H]1C(C)C. The van der Waals surface area contributed by atoms with Crippen LogP contribution in [0, 0.1) is 23.7 Å². The van der Waals surface area contributed by atoms with Gasteiger partial charge in [0.25, 0.3) is 5.91 Å². The second kappa shape index (κ2) is 9.08. The lowest BCUT2D eigenvalue weighted by Crippen LogP contribution is -2.58. The Balaban J connectivity index is 1.90. The summed E-state index contributed by atoms with van der Waals surface area (Å²) in [4.78, 5) is 25.9. The van der Waals surface area contributed by atoms with Gasteiger partial charge in [0.15, 0.2) is 5.84 Å². The third-order valence-electron chi connectivity index (χ3n) is 5.93. The Kier molecular flexibility index (Phi) is 6.73. The van der Waals surface area contributed by atoms with Crippen molar-refractivity contribution in [1.29, 1.82) is 0 Å². The molecule has 1 aliphatic heterocycles. The summed E-state index contributed by atoms with van der Waals surface area (Å²) in [5.41, 5.74) is 0.757. The molecule has 2 amide bonds. The average Bonchev–Trinajstić information content (AvgIpc) is 2.69. The zero-order valence-corrected chi connectivity index (χ0v) is 18.1. The number of ether oxygens (including phenoxy) is 1. The lowest BCUT2D eigenvalue weighted by Gasteiger charge is -2.41. The Hall–Kier alpha value is -2.21. The summed E-state index contributed by atoms with van der Waals surface area (Å²) in [7, 11) is 0. The Morgan fingerprint density at radius 2 is 1.86 bits per heavy atom. The Labute approximate surface area is 173 Å². The van der Waals surface area contributed by atoms with Gasteiger partial charge in [-0.3, -0.25) is 9.59 Å². The number of amidine groups is 1. The van der Waals surface area contributed by atoms with Gasteiger partial charge in [0.05, 0.1) is 6.10 Å². The summed E-state index contributed by atoms with van der Waals surface area (Å²) in [6, 6.07) is 9.36. The number of rotatable bonds is 5. The third-order valence-corrected chi connectivity index (χ3v) is 5.93. The van der Waals surface area contributed by atoms with E-state index in [1.54, 1.807) is 0 Å². The summed E-state index contributed by atoms with van der Waals surface area (Å²) < 4.78 is 6.34. The lowest BCUT2D eigenvalue weighted by molar-refractivity contribution is -0.178. The van der Waals surface area contributed by atoms with E-state index in [4.69, 9.17) is 4.74 Å². The van der Waals surface area contributed by atoms with E-state index in [2.05, 4.69) is 31.2 Å². The van der Waals surface area contributed by atoms with Crippen LogP contribution in [0.2, 0.25) is 0 Å². The van der Waals surface area contributed by atoms with Crippen molar-refractivity contribution < 1.29 is 14.3 Å². The first-order valence-electron chi connectivity index (χ1n) is 10.7. The average molecular weight is 400 g/mol. The molecule has 4 atom stereocenters. The van der Waals surface area contributed by atoms with Crippen LogP contribution in [0.15, 0.2) is 35.4 Å². The summed E-state index contributed by atoms with van der Waals surface area (Å²) >= 11 is 0. The highest BCUT2D eigenvalue weighted by molar-refractivity contribution is 6.11. The number of hydrazone groups is 1. The largest absolute Gasteiger partial charge is 0.344 e. The first kappa shape index (κ1) is 21.5. The van der Waals surface area contributed by atoms with Gasteiger partial charge < -0.3 is 10.1 Å². The Morgan fingerprint density at radius 3 is 2.48 bits per heavy atom. The Morgan fingerprint density at radius 1 is 1.17 bits per heavy atom. The molecular formula is C23H33N3O3. The number of nitrogens with zero attached hydrogens (tertiary/aromatic N) is 2. The van der Waals surface area contributed by atoms with Gasteiger partial charge in [-0.1, -0.05) is 71.4 Å². The van der Waals surface area contributed by atoms with Crippen molar-refractivity contribution in [2.24, 2.45) is 28.8 Å². The zero-order valence-electron chi connectivity index (χ0n) is 18.1. The van der Waals surface area contributed by atoms with Crippen LogP contribution in [0.3, 0.4) is 0 Å². The predicted octanol–water partition coefficient (Wildman–Crippen LogP) is 3.77. The number of benzene rings is 1. The van der Waals surface area contributed by atoms with Crippen LogP contribution in [0.5, 0.6) is 0 Å². The summed E-state index contributed by atoms with van der Waals surface area (Å²) in [5, 5.41) is 8.60. The van der Waals surface area contributed by atoms with Gasteiger partial charge in [-0.15, -0.1) is 5.10 Å². The van der Waals surface area contributed by atoms with Crippen LogP contribution in [-0.4, -0.2) is 35.0 Å². The quantitative estimate of drug-likeness (QED) is 0.819. The molecule has 1 heterocycles. The monoisotopic (exact) mass is 399 g/mol. The van der Waals surface area contributed by atoms with E-state index in [0.717, 1.165) is 18.4 Å². The molecule has 0 saturated heterocycles. The fourth-order valence-electron chi connectivity index (χ4n) is 4.19. The summed E-state index contributed by atoms with van der Waals surface area (Å²) in [6.45, 7) is 10.2. The van der Waals surface area contributed by atoms with E-state index in [1.807, 2.05) is 44.2 Å². The molecule has 1 aliphatic carbocycles. The van der Waals surface area contributed by atoms with Crippen molar-refractivity contribution in [2.45, 2.75) is 66.2 Å². The molecule has 1 aromatic rings. The second-order valence-corrected chi connectivity index (χ2v) is 8.99. The predicted molar refractivity (Wildman–Crippen MR) is 113 cm³/mol. The maximum Gasteiger partial charge on any atom is 0.277 e. The zero-order chi connectivity index (χ0) is 21.1. The number of hydrogen-bond donors (Lipinski definition) is 1. The summed E-state index contributed by atoms with van der Waals surface area (Å²) in [5.74, 6) is 0.892. The first-order valence-corrected chi connectivity index (χ1v) is 10.7. The molecular weight excluding hydrogens is 366 g/mol. The van der Waals surface area contributed by atoms with Crippen molar-refractivity contribution in [3.8, 4) is 0 Å². The van der Waals surface area contributed by atoms with Crippen molar-refractivity contribution >= 4 is 17.6 Å². The molecule has 6 heteroatoms. The first-order chi connectivity index (χ1) is 13.8. The molecule has 1 saturated carbocycles. The minimum Gasteiger partial charge on any atom is -0.344 e. The topological polar surface area (TPSA) is 71.0 Å². The number of nitrogens with one attached hydrogen (secondary N) is 1. The lowest BCUT2D eigenvalue weighted by atomic mass is 9.75. The van der Waals surface area contributed by atoms with Gasteiger partial charge >= 0.3 is 0 Å². The molecule has 0 unspecified atom stereocenters. The molecule has 29 heavy (non-hydrogen) atoms. The van der Waals surface area contributed by atoms with E-state index in [0.29, 0.717) is 23.6 Å². The molecule has 1 fully saturated rings. The smallest absolute Gasteiger partial charge is 0.277 e. The number of carbonyl (C=O) groups excluding carboxylic acids is 2. The van der Waals surface area contributed by atoms with Gasteiger partial charge in [0.1, 0.15) is 0 Å². The maximum absolute atomic E-state index is 13.0. The molecule has 2 aliphatic rings. The normalized spacial score (nSPS) is 27.8. The number of hydrogen-bond acceptors (Lipinski definition) is 4. The van der Waals surface area contributed by atoms with E-state index in [-0.39, 0.29) is 23.8 Å². The summed E-state index contributed by atoms with van der Waals surface area (Å²) in [6.07, 6.45) is 2.05. The third kappa shape index (κ3) is 4.86.